The highest BCUT2D eigenvalue weighted by molar-refractivity contribution is 7.98. The second-order valence-electron chi connectivity index (χ2n) is 4.08. The van der Waals surface area contributed by atoms with Gasteiger partial charge in [-0.1, -0.05) is 24.8 Å². The molecule has 0 radical (unpaired) electrons. The van der Waals surface area contributed by atoms with E-state index in [2.05, 4.69) is 25.7 Å². The minimum absolute atomic E-state index is 0.344. The van der Waals surface area contributed by atoms with Gasteiger partial charge >= 0.3 is 0 Å². The minimum atomic E-state index is -0.344. The smallest absolute Gasteiger partial charge is 0.226 e. The Balaban J connectivity index is 1.76. The standard InChI is InChI=1S/C12H11FN6OS/c1-2-10-14-15-11(20-10)7-21-12-16-17-18-19(12)9-5-3-4-8(13)6-9/h3-6H,2,7H2,1H3. The number of aryl methyl sites for hydroxylation is 1. The van der Waals surface area contributed by atoms with E-state index in [4.69, 9.17) is 4.42 Å². The molecule has 0 saturated carbocycles. The molecule has 0 N–H and O–H groups in total. The van der Waals surface area contributed by atoms with Crippen molar-refractivity contribution in [3.63, 3.8) is 0 Å². The third kappa shape index (κ3) is 3.07. The number of tetrazole rings is 1. The average molecular weight is 306 g/mol. The normalized spacial score (nSPS) is 11.0. The van der Waals surface area contributed by atoms with Gasteiger partial charge in [0.15, 0.2) is 0 Å². The van der Waals surface area contributed by atoms with Gasteiger partial charge in [-0.3, -0.25) is 0 Å². The second kappa shape index (κ2) is 6.00. The van der Waals surface area contributed by atoms with Crippen LogP contribution in [0.1, 0.15) is 18.7 Å². The first-order chi connectivity index (χ1) is 10.3. The van der Waals surface area contributed by atoms with Crippen molar-refractivity contribution in [3.05, 3.63) is 41.9 Å². The van der Waals surface area contributed by atoms with Gasteiger partial charge in [-0.2, -0.15) is 4.68 Å². The van der Waals surface area contributed by atoms with Crippen LogP contribution in [0.5, 0.6) is 0 Å². The molecule has 0 atom stereocenters. The van der Waals surface area contributed by atoms with E-state index in [0.29, 0.717) is 34.8 Å². The summed E-state index contributed by atoms with van der Waals surface area (Å²) in [6.45, 7) is 1.94. The highest BCUT2D eigenvalue weighted by atomic mass is 32.2. The van der Waals surface area contributed by atoms with Crippen molar-refractivity contribution in [2.24, 2.45) is 0 Å². The first-order valence-electron chi connectivity index (χ1n) is 6.24. The van der Waals surface area contributed by atoms with Crippen LogP contribution < -0.4 is 0 Å². The monoisotopic (exact) mass is 306 g/mol. The third-order valence-electron chi connectivity index (χ3n) is 2.63. The largest absolute Gasteiger partial charge is 0.424 e. The quantitative estimate of drug-likeness (QED) is 0.667. The van der Waals surface area contributed by atoms with E-state index in [0.717, 1.165) is 0 Å². The Labute approximate surface area is 123 Å². The zero-order chi connectivity index (χ0) is 14.7. The number of benzene rings is 1. The summed E-state index contributed by atoms with van der Waals surface area (Å²) in [4.78, 5) is 0. The molecular formula is C12H11FN6OS. The predicted octanol–water partition coefficient (Wildman–Crippen LogP) is 2.04. The molecule has 0 aliphatic carbocycles. The average Bonchev–Trinajstić information content (AvgIpc) is 3.14. The second-order valence-corrected chi connectivity index (χ2v) is 5.03. The Morgan fingerprint density at radius 2 is 2.10 bits per heavy atom. The molecule has 0 unspecified atom stereocenters. The minimum Gasteiger partial charge on any atom is -0.424 e. The van der Waals surface area contributed by atoms with E-state index >= 15 is 0 Å². The first kappa shape index (κ1) is 13.7. The summed E-state index contributed by atoms with van der Waals surface area (Å²) in [7, 11) is 0. The fraction of sp³-hybridized carbons (Fsp3) is 0.250. The molecule has 0 fully saturated rings. The van der Waals surface area contributed by atoms with Crippen molar-refractivity contribution in [1.29, 1.82) is 0 Å². The molecule has 0 bridgehead atoms. The van der Waals surface area contributed by atoms with E-state index in [1.165, 1.54) is 28.6 Å². The maximum Gasteiger partial charge on any atom is 0.226 e. The van der Waals surface area contributed by atoms with Gasteiger partial charge in [0, 0.05) is 6.42 Å². The fourth-order valence-electron chi connectivity index (χ4n) is 1.65. The van der Waals surface area contributed by atoms with E-state index in [1.54, 1.807) is 12.1 Å². The molecule has 0 saturated heterocycles. The van der Waals surface area contributed by atoms with Crippen molar-refractivity contribution < 1.29 is 8.81 Å². The highest BCUT2D eigenvalue weighted by Gasteiger charge is 2.12. The number of rotatable bonds is 5. The summed E-state index contributed by atoms with van der Waals surface area (Å²) in [6, 6.07) is 6.06. The molecule has 3 rings (SSSR count). The summed E-state index contributed by atoms with van der Waals surface area (Å²) >= 11 is 1.34. The van der Waals surface area contributed by atoms with Crippen molar-refractivity contribution in [1.82, 2.24) is 30.4 Å². The number of halogens is 1. The maximum absolute atomic E-state index is 13.3. The van der Waals surface area contributed by atoms with Gasteiger partial charge in [-0.25, -0.2) is 4.39 Å². The lowest BCUT2D eigenvalue weighted by molar-refractivity contribution is 0.469. The molecule has 7 nitrogen and oxygen atoms in total. The zero-order valence-electron chi connectivity index (χ0n) is 11.1. The molecule has 2 heterocycles. The van der Waals surface area contributed by atoms with Gasteiger partial charge in [-0.15, -0.1) is 15.3 Å². The molecule has 1 aromatic carbocycles. The van der Waals surface area contributed by atoms with Crippen LogP contribution in [0.25, 0.3) is 5.69 Å². The van der Waals surface area contributed by atoms with E-state index in [9.17, 15) is 4.39 Å². The van der Waals surface area contributed by atoms with E-state index < -0.39 is 0 Å². The summed E-state index contributed by atoms with van der Waals surface area (Å²) < 4.78 is 20.1. The van der Waals surface area contributed by atoms with Crippen LogP contribution in [0.3, 0.4) is 0 Å². The lowest BCUT2D eigenvalue weighted by atomic mass is 10.3. The molecule has 108 valence electrons. The Morgan fingerprint density at radius 3 is 2.86 bits per heavy atom. The molecular weight excluding hydrogens is 295 g/mol. The maximum atomic E-state index is 13.3. The van der Waals surface area contributed by atoms with Crippen LogP contribution in [0, 0.1) is 5.82 Å². The predicted molar refractivity (Wildman–Crippen MR) is 72.3 cm³/mol. The number of nitrogens with zero attached hydrogens (tertiary/aromatic N) is 6. The van der Waals surface area contributed by atoms with Gasteiger partial charge < -0.3 is 4.42 Å². The van der Waals surface area contributed by atoms with Gasteiger partial charge in [0.25, 0.3) is 0 Å². The molecule has 0 aliphatic heterocycles. The Hall–Kier alpha value is -2.29. The van der Waals surface area contributed by atoms with Crippen molar-refractivity contribution in [2.75, 3.05) is 0 Å². The Morgan fingerprint density at radius 1 is 1.24 bits per heavy atom. The summed E-state index contributed by atoms with van der Waals surface area (Å²) in [6.07, 6.45) is 0.693. The molecule has 21 heavy (non-hydrogen) atoms. The highest BCUT2D eigenvalue weighted by Crippen LogP contribution is 2.22. The van der Waals surface area contributed by atoms with E-state index in [-0.39, 0.29) is 5.82 Å². The van der Waals surface area contributed by atoms with Crippen LogP contribution in [0.2, 0.25) is 0 Å². The molecule has 0 amide bonds. The first-order valence-corrected chi connectivity index (χ1v) is 7.23. The van der Waals surface area contributed by atoms with E-state index in [1.807, 2.05) is 6.92 Å². The zero-order valence-corrected chi connectivity index (χ0v) is 11.9. The van der Waals surface area contributed by atoms with Gasteiger partial charge in [0.2, 0.25) is 16.9 Å². The van der Waals surface area contributed by atoms with Crippen molar-refractivity contribution in [3.8, 4) is 5.69 Å². The molecule has 0 aliphatic rings. The van der Waals surface area contributed by atoms with Crippen LogP contribution in [0.15, 0.2) is 33.8 Å². The van der Waals surface area contributed by atoms with Crippen LogP contribution in [0.4, 0.5) is 4.39 Å². The number of thioether (sulfide) groups is 1. The van der Waals surface area contributed by atoms with Crippen molar-refractivity contribution in [2.45, 2.75) is 24.3 Å². The topological polar surface area (TPSA) is 82.5 Å². The number of aromatic nitrogens is 6. The Bertz CT molecular complexity index is 743. The summed E-state index contributed by atoms with van der Waals surface area (Å²) in [5.41, 5.74) is 0.558. The molecule has 9 heteroatoms. The number of hydrogen-bond acceptors (Lipinski definition) is 7. The SMILES string of the molecule is CCc1nnc(CSc2nnnn2-c2cccc(F)c2)o1. The van der Waals surface area contributed by atoms with Gasteiger partial charge in [-0.05, 0) is 28.6 Å². The third-order valence-corrected chi connectivity index (χ3v) is 3.53. The summed E-state index contributed by atoms with van der Waals surface area (Å²) in [5, 5.41) is 19.7. The lowest BCUT2D eigenvalue weighted by Gasteiger charge is -2.02. The van der Waals surface area contributed by atoms with Crippen LogP contribution >= 0.6 is 11.8 Å². The lowest BCUT2D eigenvalue weighted by Crippen LogP contribution is -1.99. The van der Waals surface area contributed by atoms with Gasteiger partial charge in [0.1, 0.15) is 5.82 Å². The molecule has 0 spiro atoms. The van der Waals surface area contributed by atoms with Crippen LogP contribution in [-0.4, -0.2) is 30.4 Å². The Kier molecular flexibility index (Phi) is 3.91. The van der Waals surface area contributed by atoms with Gasteiger partial charge in [0.05, 0.1) is 11.4 Å². The van der Waals surface area contributed by atoms with Crippen LogP contribution in [-0.2, 0) is 12.2 Å². The number of hydrogen-bond donors (Lipinski definition) is 0. The fourth-order valence-corrected chi connectivity index (χ4v) is 2.38. The molecule has 3 aromatic rings. The molecule has 2 aromatic heterocycles. The summed E-state index contributed by atoms with van der Waals surface area (Å²) in [5.74, 6) is 1.20. The van der Waals surface area contributed by atoms with Crippen molar-refractivity contribution >= 4 is 11.8 Å².